The van der Waals surface area contributed by atoms with Crippen molar-refractivity contribution in [3.63, 3.8) is 0 Å². The van der Waals surface area contributed by atoms with Gasteiger partial charge in [0.2, 0.25) is 5.91 Å². The summed E-state index contributed by atoms with van der Waals surface area (Å²) in [6, 6.07) is 18.6. The summed E-state index contributed by atoms with van der Waals surface area (Å²) in [6.45, 7) is 2.24. The van der Waals surface area contributed by atoms with Crippen LogP contribution in [0.4, 0.5) is 0 Å². The average Bonchev–Trinajstić information content (AvgIpc) is 3.07. The summed E-state index contributed by atoms with van der Waals surface area (Å²) in [7, 11) is 0. The van der Waals surface area contributed by atoms with E-state index in [4.69, 9.17) is 4.98 Å². The number of benzene rings is 2. The number of thioether (sulfide) groups is 1. The van der Waals surface area contributed by atoms with E-state index in [0.29, 0.717) is 17.7 Å². The lowest BCUT2D eigenvalue weighted by atomic mass is 9.86. The molecule has 1 amide bonds. The molecule has 1 aliphatic carbocycles. The van der Waals surface area contributed by atoms with Gasteiger partial charge >= 0.3 is 0 Å². The lowest BCUT2D eigenvalue weighted by Gasteiger charge is -2.29. The van der Waals surface area contributed by atoms with E-state index < -0.39 is 0 Å². The molecule has 3 aromatic rings. The molecule has 2 aromatic carbocycles. The van der Waals surface area contributed by atoms with Gasteiger partial charge in [0.25, 0.3) is 0 Å². The predicted octanol–water partition coefficient (Wildman–Crippen LogP) is 4.81. The third kappa shape index (κ3) is 4.03. The van der Waals surface area contributed by atoms with Crippen LogP contribution in [0.15, 0.2) is 59.8 Å². The molecule has 5 heteroatoms. The summed E-state index contributed by atoms with van der Waals surface area (Å²) in [5, 5.41) is 4.09. The van der Waals surface area contributed by atoms with Crippen LogP contribution < -0.4 is 5.32 Å². The van der Waals surface area contributed by atoms with Gasteiger partial charge in [-0.3, -0.25) is 9.36 Å². The summed E-state index contributed by atoms with van der Waals surface area (Å²) in [5.41, 5.74) is 3.08. The first-order valence-electron chi connectivity index (χ1n) is 9.67. The van der Waals surface area contributed by atoms with Gasteiger partial charge in [-0.05, 0) is 43.0 Å². The standard InChI is InChI=1S/C22H25N3OS/c1-16-9-5-6-12-18(16)23-21(26)15-27-22-24-19-13-7-8-14-20(19)25(22)17-10-3-2-4-11-17/h2-4,7-8,10-11,13-14,16,18H,5-6,9,12,15H2,1H3,(H,23,26). The Bertz CT molecular complexity index is 922. The SMILES string of the molecule is CC1CCCCC1NC(=O)CSc1nc2ccccc2n1-c1ccccc1. The molecule has 0 spiro atoms. The zero-order valence-corrected chi connectivity index (χ0v) is 16.4. The number of hydrogen-bond donors (Lipinski definition) is 1. The van der Waals surface area contributed by atoms with Gasteiger partial charge in [-0.1, -0.05) is 61.9 Å². The maximum Gasteiger partial charge on any atom is 0.230 e. The third-order valence-corrected chi connectivity index (χ3v) is 6.27. The van der Waals surface area contributed by atoms with Crippen molar-refractivity contribution in [3.05, 3.63) is 54.6 Å². The van der Waals surface area contributed by atoms with E-state index in [-0.39, 0.29) is 5.91 Å². The van der Waals surface area contributed by atoms with Crippen LogP contribution >= 0.6 is 11.8 Å². The summed E-state index contributed by atoms with van der Waals surface area (Å²) < 4.78 is 2.14. The molecule has 0 aliphatic heterocycles. The predicted molar refractivity (Wildman–Crippen MR) is 111 cm³/mol. The topological polar surface area (TPSA) is 46.9 Å². The van der Waals surface area contributed by atoms with Crippen LogP contribution in [0.3, 0.4) is 0 Å². The number of nitrogens with zero attached hydrogens (tertiary/aromatic N) is 2. The molecule has 2 atom stereocenters. The second-order valence-electron chi connectivity index (χ2n) is 7.28. The average molecular weight is 380 g/mol. The Morgan fingerprint density at radius 1 is 1.11 bits per heavy atom. The van der Waals surface area contributed by atoms with Gasteiger partial charge in [0.05, 0.1) is 16.8 Å². The number of aromatic nitrogens is 2. The van der Waals surface area contributed by atoms with E-state index in [9.17, 15) is 4.79 Å². The molecule has 0 saturated heterocycles. The first kappa shape index (κ1) is 18.1. The molecule has 4 nitrogen and oxygen atoms in total. The van der Waals surface area contributed by atoms with Gasteiger partial charge in [0.1, 0.15) is 0 Å². The fourth-order valence-electron chi connectivity index (χ4n) is 3.84. The number of imidazole rings is 1. The van der Waals surface area contributed by atoms with Crippen LogP contribution in [0.1, 0.15) is 32.6 Å². The number of carbonyl (C=O) groups is 1. The van der Waals surface area contributed by atoms with Crippen molar-refractivity contribution in [2.24, 2.45) is 5.92 Å². The van der Waals surface area contributed by atoms with Crippen LogP contribution in [0.25, 0.3) is 16.7 Å². The van der Waals surface area contributed by atoms with Crippen LogP contribution in [0.2, 0.25) is 0 Å². The van der Waals surface area contributed by atoms with Crippen molar-refractivity contribution < 1.29 is 4.79 Å². The van der Waals surface area contributed by atoms with Crippen molar-refractivity contribution in [2.45, 2.75) is 43.8 Å². The molecule has 0 bridgehead atoms. The number of nitrogens with one attached hydrogen (secondary N) is 1. The first-order chi connectivity index (χ1) is 13.2. The Balaban J connectivity index is 1.53. The summed E-state index contributed by atoms with van der Waals surface area (Å²) in [4.78, 5) is 17.3. The molecule has 1 aliphatic rings. The molecule has 27 heavy (non-hydrogen) atoms. The van der Waals surface area contributed by atoms with Gasteiger partial charge in [-0.25, -0.2) is 4.98 Å². The second-order valence-corrected chi connectivity index (χ2v) is 8.22. The maximum absolute atomic E-state index is 12.5. The van der Waals surface area contributed by atoms with Crippen molar-refractivity contribution in [2.75, 3.05) is 5.75 Å². The zero-order chi connectivity index (χ0) is 18.6. The Morgan fingerprint density at radius 3 is 2.67 bits per heavy atom. The van der Waals surface area contributed by atoms with Gasteiger partial charge in [0, 0.05) is 11.7 Å². The van der Waals surface area contributed by atoms with Crippen molar-refractivity contribution in [1.82, 2.24) is 14.9 Å². The number of para-hydroxylation sites is 3. The lowest BCUT2D eigenvalue weighted by Crippen LogP contribution is -2.41. The molecule has 1 aromatic heterocycles. The molecule has 1 N–H and O–H groups in total. The van der Waals surface area contributed by atoms with E-state index in [2.05, 4.69) is 35.0 Å². The van der Waals surface area contributed by atoms with E-state index in [0.717, 1.165) is 28.3 Å². The minimum absolute atomic E-state index is 0.102. The second kappa shape index (κ2) is 8.17. The van der Waals surface area contributed by atoms with Gasteiger partial charge in [-0.15, -0.1) is 0 Å². The summed E-state index contributed by atoms with van der Waals surface area (Å²) >= 11 is 1.51. The summed E-state index contributed by atoms with van der Waals surface area (Å²) in [6.07, 6.45) is 4.80. The van der Waals surface area contributed by atoms with Crippen molar-refractivity contribution >= 4 is 28.7 Å². The molecule has 140 valence electrons. The Labute approximate surface area is 164 Å². The smallest absolute Gasteiger partial charge is 0.230 e. The minimum atomic E-state index is 0.102. The number of rotatable bonds is 5. The number of carbonyl (C=O) groups excluding carboxylic acids is 1. The van der Waals surface area contributed by atoms with E-state index >= 15 is 0 Å². The molecule has 1 heterocycles. The number of fused-ring (bicyclic) bond motifs is 1. The fraction of sp³-hybridized carbons (Fsp3) is 0.364. The quantitative estimate of drug-likeness (QED) is 0.647. The third-order valence-electron chi connectivity index (χ3n) is 5.33. The molecular formula is C22H25N3OS. The van der Waals surface area contributed by atoms with Crippen LogP contribution in [0.5, 0.6) is 0 Å². The minimum Gasteiger partial charge on any atom is -0.352 e. The van der Waals surface area contributed by atoms with Crippen molar-refractivity contribution in [3.8, 4) is 5.69 Å². The van der Waals surface area contributed by atoms with E-state index in [1.165, 1.54) is 31.0 Å². The Hall–Kier alpha value is -2.27. The first-order valence-corrected chi connectivity index (χ1v) is 10.7. The molecule has 1 fully saturated rings. The largest absolute Gasteiger partial charge is 0.352 e. The number of amides is 1. The Kier molecular flexibility index (Phi) is 5.48. The van der Waals surface area contributed by atoms with Crippen LogP contribution in [-0.4, -0.2) is 27.3 Å². The fourth-order valence-corrected chi connectivity index (χ4v) is 4.68. The molecular weight excluding hydrogens is 354 g/mol. The van der Waals surface area contributed by atoms with E-state index in [1.54, 1.807) is 0 Å². The number of hydrogen-bond acceptors (Lipinski definition) is 3. The molecule has 0 radical (unpaired) electrons. The highest BCUT2D eigenvalue weighted by molar-refractivity contribution is 7.99. The highest BCUT2D eigenvalue weighted by Gasteiger charge is 2.23. The monoisotopic (exact) mass is 379 g/mol. The van der Waals surface area contributed by atoms with Crippen LogP contribution in [-0.2, 0) is 4.79 Å². The molecule has 1 saturated carbocycles. The lowest BCUT2D eigenvalue weighted by molar-refractivity contribution is -0.119. The normalized spacial score (nSPS) is 19.9. The Morgan fingerprint density at radius 2 is 1.85 bits per heavy atom. The molecule has 2 unspecified atom stereocenters. The van der Waals surface area contributed by atoms with Crippen LogP contribution in [0, 0.1) is 5.92 Å². The van der Waals surface area contributed by atoms with Gasteiger partial charge < -0.3 is 5.32 Å². The highest BCUT2D eigenvalue weighted by Crippen LogP contribution is 2.28. The van der Waals surface area contributed by atoms with E-state index in [1.807, 2.05) is 36.4 Å². The highest BCUT2D eigenvalue weighted by atomic mass is 32.2. The van der Waals surface area contributed by atoms with Gasteiger partial charge in [0.15, 0.2) is 5.16 Å². The van der Waals surface area contributed by atoms with Crippen molar-refractivity contribution in [1.29, 1.82) is 0 Å². The summed E-state index contributed by atoms with van der Waals surface area (Å²) in [5.74, 6) is 1.06. The molecule has 4 rings (SSSR count). The zero-order valence-electron chi connectivity index (χ0n) is 15.6. The maximum atomic E-state index is 12.5. The van der Waals surface area contributed by atoms with Gasteiger partial charge in [-0.2, -0.15) is 0 Å².